The largest absolute Gasteiger partial charge is 0.483 e. The molecule has 2 amide bonds. The number of carbonyl (C=O) groups is 3. The predicted octanol–water partition coefficient (Wildman–Crippen LogP) is 2.93. The second-order valence-electron chi connectivity index (χ2n) is 7.40. The van der Waals surface area contributed by atoms with Gasteiger partial charge in [-0.1, -0.05) is 31.2 Å². The third kappa shape index (κ3) is 6.07. The minimum absolute atomic E-state index is 0.0185. The standard InChI is InChI=1S/C24H28N2O5/c1-3-19-8-4-5-11-22(19)30-17-23(28)25-12-7-13-26(15-14-25)24(29)20-9-6-10-21(16-20)31-18(2)27/h4-6,8-11,16H,3,7,12-15,17H2,1-2H3. The maximum absolute atomic E-state index is 12.9. The number of ether oxygens (including phenoxy) is 2. The van der Waals surface area contributed by atoms with Crippen LogP contribution in [0.3, 0.4) is 0 Å². The second-order valence-corrected chi connectivity index (χ2v) is 7.40. The Labute approximate surface area is 182 Å². The lowest BCUT2D eigenvalue weighted by atomic mass is 10.1. The lowest BCUT2D eigenvalue weighted by Crippen LogP contribution is -2.39. The minimum Gasteiger partial charge on any atom is -0.483 e. The van der Waals surface area contributed by atoms with E-state index in [0.29, 0.717) is 43.9 Å². The van der Waals surface area contributed by atoms with Gasteiger partial charge in [-0.3, -0.25) is 14.4 Å². The molecule has 3 rings (SSSR count). The van der Waals surface area contributed by atoms with Crippen LogP contribution in [0.2, 0.25) is 0 Å². The summed E-state index contributed by atoms with van der Waals surface area (Å²) < 4.78 is 10.8. The predicted molar refractivity (Wildman–Crippen MR) is 116 cm³/mol. The number of rotatable bonds is 6. The summed E-state index contributed by atoms with van der Waals surface area (Å²) in [6, 6.07) is 14.3. The first-order valence-electron chi connectivity index (χ1n) is 10.5. The molecule has 0 N–H and O–H groups in total. The van der Waals surface area contributed by atoms with Crippen LogP contribution in [0.1, 0.15) is 36.2 Å². The van der Waals surface area contributed by atoms with Crippen molar-refractivity contribution in [1.82, 2.24) is 9.80 Å². The first-order valence-corrected chi connectivity index (χ1v) is 10.5. The van der Waals surface area contributed by atoms with Gasteiger partial charge in [-0.25, -0.2) is 0 Å². The van der Waals surface area contributed by atoms with E-state index in [9.17, 15) is 14.4 Å². The lowest BCUT2D eigenvalue weighted by molar-refractivity contribution is -0.133. The fourth-order valence-electron chi connectivity index (χ4n) is 3.58. The number of aryl methyl sites for hydroxylation is 1. The summed E-state index contributed by atoms with van der Waals surface area (Å²) in [6.45, 7) is 5.37. The van der Waals surface area contributed by atoms with Crippen LogP contribution in [0, 0.1) is 0 Å². The zero-order valence-electron chi connectivity index (χ0n) is 18.0. The maximum Gasteiger partial charge on any atom is 0.308 e. The highest BCUT2D eigenvalue weighted by Gasteiger charge is 2.23. The van der Waals surface area contributed by atoms with Crippen LogP contribution < -0.4 is 9.47 Å². The van der Waals surface area contributed by atoms with Crippen LogP contribution >= 0.6 is 0 Å². The number of nitrogens with zero attached hydrogens (tertiary/aromatic N) is 2. The molecule has 0 radical (unpaired) electrons. The molecule has 1 fully saturated rings. The first-order chi connectivity index (χ1) is 15.0. The summed E-state index contributed by atoms with van der Waals surface area (Å²) in [5, 5.41) is 0. The molecule has 0 aromatic heterocycles. The van der Waals surface area contributed by atoms with Gasteiger partial charge in [-0.15, -0.1) is 0 Å². The molecule has 7 nitrogen and oxygen atoms in total. The van der Waals surface area contributed by atoms with E-state index >= 15 is 0 Å². The van der Waals surface area contributed by atoms with Crippen LogP contribution in [-0.4, -0.2) is 60.4 Å². The average molecular weight is 424 g/mol. The zero-order valence-corrected chi connectivity index (χ0v) is 18.0. The number of hydrogen-bond acceptors (Lipinski definition) is 5. The van der Waals surface area contributed by atoms with Crippen LogP contribution in [0.25, 0.3) is 0 Å². The quantitative estimate of drug-likeness (QED) is 0.526. The van der Waals surface area contributed by atoms with Crippen molar-refractivity contribution in [3.63, 3.8) is 0 Å². The molecule has 1 aliphatic rings. The Kier molecular flexibility index (Phi) is 7.65. The van der Waals surface area contributed by atoms with Crippen molar-refractivity contribution in [2.24, 2.45) is 0 Å². The Balaban J connectivity index is 1.56. The van der Waals surface area contributed by atoms with Crippen LogP contribution in [0.5, 0.6) is 11.5 Å². The lowest BCUT2D eigenvalue weighted by Gasteiger charge is -2.22. The SMILES string of the molecule is CCc1ccccc1OCC(=O)N1CCCN(C(=O)c2cccc(OC(C)=O)c2)CC1. The van der Waals surface area contributed by atoms with Gasteiger partial charge in [0.2, 0.25) is 0 Å². The summed E-state index contributed by atoms with van der Waals surface area (Å²) in [7, 11) is 0. The van der Waals surface area contributed by atoms with Crippen LogP contribution in [-0.2, 0) is 16.0 Å². The van der Waals surface area contributed by atoms with Crippen molar-refractivity contribution in [3.05, 3.63) is 59.7 Å². The normalized spacial score (nSPS) is 14.0. The third-order valence-corrected chi connectivity index (χ3v) is 5.18. The van der Waals surface area contributed by atoms with Crippen LogP contribution in [0.15, 0.2) is 48.5 Å². The van der Waals surface area contributed by atoms with E-state index < -0.39 is 5.97 Å². The summed E-state index contributed by atoms with van der Waals surface area (Å²) >= 11 is 0. The fourth-order valence-corrected chi connectivity index (χ4v) is 3.58. The van der Waals surface area contributed by atoms with Gasteiger partial charge < -0.3 is 19.3 Å². The number of para-hydroxylation sites is 1. The molecule has 0 spiro atoms. The molecule has 164 valence electrons. The van der Waals surface area contributed by atoms with Gasteiger partial charge in [0.1, 0.15) is 11.5 Å². The molecule has 0 aliphatic carbocycles. The molecule has 2 aromatic carbocycles. The van der Waals surface area contributed by atoms with Gasteiger partial charge in [0, 0.05) is 38.7 Å². The van der Waals surface area contributed by atoms with Crippen molar-refractivity contribution in [2.75, 3.05) is 32.8 Å². The molecular weight excluding hydrogens is 396 g/mol. The minimum atomic E-state index is -0.433. The Hall–Kier alpha value is -3.35. The van der Waals surface area contributed by atoms with E-state index in [2.05, 4.69) is 0 Å². The van der Waals surface area contributed by atoms with Crippen molar-refractivity contribution in [2.45, 2.75) is 26.7 Å². The van der Waals surface area contributed by atoms with Gasteiger partial charge >= 0.3 is 5.97 Å². The van der Waals surface area contributed by atoms with Gasteiger partial charge in [0.25, 0.3) is 11.8 Å². The summed E-state index contributed by atoms with van der Waals surface area (Å²) in [6.07, 6.45) is 1.52. The molecule has 0 saturated carbocycles. The number of benzene rings is 2. The molecule has 0 atom stereocenters. The van der Waals surface area contributed by atoms with Gasteiger partial charge in [0.15, 0.2) is 6.61 Å². The fraction of sp³-hybridized carbons (Fsp3) is 0.375. The molecule has 2 aromatic rings. The van der Waals surface area contributed by atoms with E-state index in [-0.39, 0.29) is 18.4 Å². The van der Waals surface area contributed by atoms with Crippen molar-refractivity contribution in [3.8, 4) is 11.5 Å². The highest BCUT2D eigenvalue weighted by molar-refractivity contribution is 5.94. The molecule has 1 heterocycles. The Bertz CT molecular complexity index is 943. The molecular formula is C24H28N2O5. The van der Waals surface area contributed by atoms with Gasteiger partial charge in [0.05, 0.1) is 0 Å². The zero-order chi connectivity index (χ0) is 22.2. The van der Waals surface area contributed by atoms with Crippen LogP contribution in [0.4, 0.5) is 0 Å². The van der Waals surface area contributed by atoms with Gasteiger partial charge in [-0.2, -0.15) is 0 Å². The number of carbonyl (C=O) groups excluding carboxylic acids is 3. The molecule has 31 heavy (non-hydrogen) atoms. The Morgan fingerprint density at radius 3 is 2.45 bits per heavy atom. The monoisotopic (exact) mass is 424 g/mol. The number of amides is 2. The topological polar surface area (TPSA) is 76.2 Å². The Morgan fingerprint density at radius 2 is 1.68 bits per heavy atom. The smallest absolute Gasteiger partial charge is 0.308 e. The first kappa shape index (κ1) is 22.3. The van der Waals surface area contributed by atoms with E-state index in [0.717, 1.165) is 17.7 Å². The molecule has 1 saturated heterocycles. The maximum atomic E-state index is 12.9. The third-order valence-electron chi connectivity index (χ3n) is 5.18. The number of hydrogen-bond donors (Lipinski definition) is 0. The Morgan fingerprint density at radius 1 is 0.935 bits per heavy atom. The van der Waals surface area contributed by atoms with E-state index in [1.807, 2.05) is 31.2 Å². The summed E-state index contributed by atoms with van der Waals surface area (Å²) in [5.41, 5.74) is 1.52. The van der Waals surface area contributed by atoms with E-state index in [1.54, 1.807) is 34.1 Å². The summed E-state index contributed by atoms with van der Waals surface area (Å²) in [5.74, 6) is 0.415. The molecule has 1 aliphatic heterocycles. The van der Waals surface area contributed by atoms with E-state index in [1.165, 1.54) is 6.92 Å². The second kappa shape index (κ2) is 10.6. The number of esters is 1. The van der Waals surface area contributed by atoms with Crippen molar-refractivity contribution in [1.29, 1.82) is 0 Å². The summed E-state index contributed by atoms with van der Waals surface area (Å²) in [4.78, 5) is 40.2. The van der Waals surface area contributed by atoms with E-state index in [4.69, 9.17) is 9.47 Å². The average Bonchev–Trinajstić information content (AvgIpc) is 3.03. The molecule has 7 heteroatoms. The van der Waals surface area contributed by atoms with Crippen molar-refractivity contribution < 1.29 is 23.9 Å². The molecule has 0 unspecified atom stereocenters. The highest BCUT2D eigenvalue weighted by atomic mass is 16.5. The highest BCUT2D eigenvalue weighted by Crippen LogP contribution is 2.19. The van der Waals surface area contributed by atoms with Gasteiger partial charge in [-0.05, 0) is 42.7 Å². The molecule has 0 bridgehead atoms. The van der Waals surface area contributed by atoms with Crippen molar-refractivity contribution >= 4 is 17.8 Å².